The maximum absolute atomic E-state index is 11.5. The number of ether oxygens (including phenoxy) is 1. The molecule has 2 aromatic carbocycles. The molecule has 0 aliphatic rings. The molecular weight excluding hydrogens is 336 g/mol. The maximum Gasteiger partial charge on any atom is 0.295 e. The number of rotatable bonds is 5. The topological polar surface area (TPSA) is 138 Å². The summed E-state index contributed by atoms with van der Waals surface area (Å²) in [5, 5.41) is 8.85. The molecule has 0 saturated heterocycles. The van der Waals surface area contributed by atoms with E-state index in [2.05, 4.69) is 0 Å². The summed E-state index contributed by atoms with van der Waals surface area (Å²) in [4.78, 5) is -1.39. The Morgan fingerprint density at radius 1 is 1.00 bits per heavy atom. The Kier molecular flexibility index (Phi) is 4.40. The third-order valence-electron chi connectivity index (χ3n) is 2.80. The molecule has 0 fully saturated rings. The van der Waals surface area contributed by atoms with E-state index in [1.807, 2.05) is 0 Å². The molecule has 0 aliphatic heterocycles. The van der Waals surface area contributed by atoms with Crippen LogP contribution in [0.3, 0.4) is 0 Å². The number of aliphatic hydroxyl groups excluding tert-OH is 1. The van der Waals surface area contributed by atoms with Crippen molar-refractivity contribution in [2.75, 3.05) is 13.2 Å². The fourth-order valence-electron chi connectivity index (χ4n) is 1.96. The van der Waals surface area contributed by atoms with Crippen LogP contribution < -0.4 is 4.74 Å². The number of hydrogen-bond acceptors (Lipinski definition) is 6. The Morgan fingerprint density at radius 2 is 1.68 bits per heavy atom. The second kappa shape index (κ2) is 5.82. The fraction of sp³-hybridized carbons (Fsp3) is 0.167. The summed E-state index contributed by atoms with van der Waals surface area (Å²) < 4.78 is 69.1. The molecule has 0 heterocycles. The third kappa shape index (κ3) is 3.36. The van der Waals surface area contributed by atoms with Crippen LogP contribution in [0.1, 0.15) is 0 Å². The summed E-state index contributed by atoms with van der Waals surface area (Å²) in [5.41, 5.74) is 0. The summed E-state index contributed by atoms with van der Waals surface area (Å²) in [7, 11) is -9.44. The van der Waals surface area contributed by atoms with Crippen LogP contribution in [-0.2, 0) is 20.2 Å². The minimum absolute atomic E-state index is 0.0427. The molecule has 3 N–H and O–H groups in total. The minimum atomic E-state index is -4.78. The highest BCUT2D eigenvalue weighted by Gasteiger charge is 2.22. The standard InChI is InChI=1S/C12H12O8S2/c13-4-5-20-10-3-1-2-8-6-9(21(14,15)16)7-11(12(8)10)22(17,18)19/h1-3,6-7,13H,4-5H2,(H,14,15,16)(H,17,18,19). The van der Waals surface area contributed by atoms with Gasteiger partial charge in [0, 0.05) is 5.39 Å². The van der Waals surface area contributed by atoms with Crippen molar-refractivity contribution in [1.82, 2.24) is 0 Å². The van der Waals surface area contributed by atoms with Crippen LogP contribution in [0.2, 0.25) is 0 Å². The molecule has 0 spiro atoms. The Bertz CT molecular complexity index is 916. The van der Waals surface area contributed by atoms with Gasteiger partial charge in [-0.05, 0) is 23.6 Å². The van der Waals surface area contributed by atoms with Crippen molar-refractivity contribution in [3.05, 3.63) is 30.3 Å². The molecule has 0 unspecified atom stereocenters. The highest BCUT2D eigenvalue weighted by atomic mass is 32.2. The molecule has 0 amide bonds. The van der Waals surface area contributed by atoms with Crippen molar-refractivity contribution >= 4 is 31.0 Å². The zero-order valence-corrected chi connectivity index (χ0v) is 12.6. The molecule has 0 saturated carbocycles. The quantitative estimate of drug-likeness (QED) is 0.671. The smallest absolute Gasteiger partial charge is 0.295 e. The van der Waals surface area contributed by atoms with Crippen LogP contribution in [0.4, 0.5) is 0 Å². The van der Waals surface area contributed by atoms with Crippen LogP contribution in [0, 0.1) is 0 Å². The average Bonchev–Trinajstić information content (AvgIpc) is 2.41. The summed E-state index contributed by atoms with van der Waals surface area (Å²) >= 11 is 0. The molecule has 0 aliphatic carbocycles. The lowest BCUT2D eigenvalue weighted by molar-refractivity contribution is 0.202. The van der Waals surface area contributed by atoms with Gasteiger partial charge < -0.3 is 9.84 Å². The van der Waals surface area contributed by atoms with Gasteiger partial charge in [-0.2, -0.15) is 16.8 Å². The van der Waals surface area contributed by atoms with Gasteiger partial charge in [0.15, 0.2) is 0 Å². The van der Waals surface area contributed by atoms with Crippen molar-refractivity contribution in [3.63, 3.8) is 0 Å². The van der Waals surface area contributed by atoms with E-state index < -0.39 is 30.0 Å². The van der Waals surface area contributed by atoms with E-state index in [9.17, 15) is 21.4 Å². The number of aliphatic hydroxyl groups is 1. The highest BCUT2D eigenvalue weighted by Crippen LogP contribution is 2.34. The third-order valence-corrected chi connectivity index (χ3v) is 4.51. The zero-order chi connectivity index (χ0) is 16.5. The van der Waals surface area contributed by atoms with E-state index in [-0.39, 0.29) is 29.7 Å². The van der Waals surface area contributed by atoms with Crippen LogP contribution in [-0.4, -0.2) is 44.3 Å². The number of benzene rings is 2. The van der Waals surface area contributed by atoms with E-state index in [1.165, 1.54) is 18.2 Å². The van der Waals surface area contributed by atoms with Crippen LogP contribution in [0.15, 0.2) is 40.1 Å². The SMILES string of the molecule is O=S(=O)(O)c1cc(S(=O)(=O)O)c2c(OCCO)cccc2c1. The van der Waals surface area contributed by atoms with Crippen molar-refractivity contribution in [1.29, 1.82) is 0 Å². The molecule has 0 atom stereocenters. The number of hydrogen-bond donors (Lipinski definition) is 3. The minimum Gasteiger partial charge on any atom is -0.491 e. The molecule has 0 bridgehead atoms. The van der Waals surface area contributed by atoms with E-state index in [4.69, 9.17) is 14.4 Å². The van der Waals surface area contributed by atoms with Crippen molar-refractivity contribution in [2.45, 2.75) is 9.79 Å². The van der Waals surface area contributed by atoms with Gasteiger partial charge in [0.1, 0.15) is 17.3 Å². The Balaban J connectivity index is 2.89. The zero-order valence-electron chi connectivity index (χ0n) is 11.0. The lowest BCUT2D eigenvalue weighted by Gasteiger charge is -2.12. The van der Waals surface area contributed by atoms with E-state index in [0.717, 1.165) is 6.07 Å². The first-order chi connectivity index (χ1) is 10.1. The fourth-order valence-corrected chi connectivity index (χ4v) is 3.33. The molecule has 0 radical (unpaired) electrons. The predicted molar refractivity (Wildman–Crippen MR) is 76.2 cm³/mol. The van der Waals surface area contributed by atoms with Crippen molar-refractivity contribution < 1.29 is 35.8 Å². The Labute approximate surface area is 126 Å². The highest BCUT2D eigenvalue weighted by molar-refractivity contribution is 7.86. The summed E-state index contributed by atoms with van der Waals surface area (Å²) in [6.07, 6.45) is 0. The lowest BCUT2D eigenvalue weighted by Crippen LogP contribution is -2.07. The second-order valence-corrected chi connectivity index (χ2v) is 7.11. The average molecular weight is 348 g/mol. The maximum atomic E-state index is 11.5. The monoisotopic (exact) mass is 348 g/mol. The van der Waals surface area contributed by atoms with Gasteiger partial charge in [0.25, 0.3) is 20.2 Å². The van der Waals surface area contributed by atoms with Gasteiger partial charge in [-0.1, -0.05) is 12.1 Å². The van der Waals surface area contributed by atoms with Gasteiger partial charge >= 0.3 is 0 Å². The first kappa shape index (κ1) is 16.6. The van der Waals surface area contributed by atoms with E-state index in [1.54, 1.807) is 0 Å². The molecule has 22 heavy (non-hydrogen) atoms. The molecule has 2 aromatic rings. The molecule has 120 valence electrons. The number of fused-ring (bicyclic) bond motifs is 1. The first-order valence-corrected chi connectivity index (χ1v) is 8.78. The normalized spacial score (nSPS) is 12.5. The second-order valence-electron chi connectivity index (χ2n) is 4.30. The van der Waals surface area contributed by atoms with Gasteiger partial charge in [-0.15, -0.1) is 0 Å². The van der Waals surface area contributed by atoms with Crippen molar-refractivity contribution in [2.24, 2.45) is 0 Å². The Morgan fingerprint density at radius 3 is 2.23 bits per heavy atom. The van der Waals surface area contributed by atoms with Crippen molar-refractivity contribution in [3.8, 4) is 5.75 Å². The predicted octanol–water partition coefficient (Wildman–Crippen LogP) is 0.704. The van der Waals surface area contributed by atoms with Gasteiger partial charge in [0.2, 0.25) is 0 Å². The van der Waals surface area contributed by atoms with Crippen LogP contribution in [0.25, 0.3) is 10.8 Å². The largest absolute Gasteiger partial charge is 0.491 e. The molecule has 10 heteroatoms. The van der Waals surface area contributed by atoms with E-state index in [0.29, 0.717) is 6.07 Å². The van der Waals surface area contributed by atoms with Gasteiger partial charge in [0.05, 0.1) is 11.5 Å². The lowest BCUT2D eigenvalue weighted by atomic mass is 10.1. The molecule has 2 rings (SSSR count). The van der Waals surface area contributed by atoms with E-state index >= 15 is 0 Å². The van der Waals surface area contributed by atoms with Gasteiger partial charge in [-0.25, -0.2) is 0 Å². The summed E-state index contributed by atoms with van der Waals surface area (Å²) in [6.45, 7) is -0.440. The molecule has 0 aromatic heterocycles. The van der Waals surface area contributed by atoms with Crippen LogP contribution in [0.5, 0.6) is 5.75 Å². The summed E-state index contributed by atoms with van der Waals surface area (Å²) in [5.74, 6) is 0.0427. The first-order valence-electron chi connectivity index (χ1n) is 5.90. The molecule has 8 nitrogen and oxygen atoms in total. The molecular formula is C12H12O8S2. The van der Waals surface area contributed by atoms with Gasteiger partial charge in [-0.3, -0.25) is 9.11 Å². The Hall–Kier alpha value is -1.72. The van der Waals surface area contributed by atoms with Crippen LogP contribution >= 0.6 is 0 Å². The summed E-state index contributed by atoms with van der Waals surface area (Å²) in [6, 6.07) is 5.95.